The fourth-order valence-electron chi connectivity index (χ4n) is 1.41. The molecule has 0 bridgehead atoms. The molecule has 1 saturated carbocycles. The Kier molecular flexibility index (Phi) is 2.67. The van der Waals surface area contributed by atoms with Gasteiger partial charge in [0.05, 0.1) is 0 Å². The summed E-state index contributed by atoms with van der Waals surface area (Å²) in [6.07, 6.45) is 1.82. The highest BCUT2D eigenvalue weighted by Crippen LogP contribution is 2.37. The second kappa shape index (κ2) is 3.16. The van der Waals surface area contributed by atoms with Crippen LogP contribution in [0.1, 0.15) is 25.7 Å². The summed E-state index contributed by atoms with van der Waals surface area (Å²) in [7, 11) is 0. The van der Waals surface area contributed by atoms with Crippen molar-refractivity contribution < 1.29 is 8.78 Å². The largest absolute Gasteiger partial charge is 0.248 e. The molecule has 0 saturated heterocycles. The van der Waals surface area contributed by atoms with Gasteiger partial charge in [-0.3, -0.25) is 0 Å². The van der Waals surface area contributed by atoms with Crippen LogP contribution >= 0.6 is 15.9 Å². The topological polar surface area (TPSA) is 0 Å². The first-order valence-electron chi connectivity index (χ1n) is 3.58. The first-order chi connectivity index (χ1) is 4.64. The molecule has 0 aromatic heterocycles. The molecule has 0 heterocycles. The van der Waals surface area contributed by atoms with Gasteiger partial charge in [-0.15, -0.1) is 0 Å². The highest BCUT2D eigenvalue weighted by Gasteiger charge is 2.35. The molecule has 10 heavy (non-hydrogen) atoms. The van der Waals surface area contributed by atoms with Crippen molar-refractivity contribution in [1.29, 1.82) is 0 Å². The second-order valence-corrected chi connectivity index (χ2v) is 3.62. The summed E-state index contributed by atoms with van der Waals surface area (Å²) in [5, 5.41) is 0.725. The Hall–Kier alpha value is 0.340. The molecule has 1 rings (SSSR count). The number of halogens is 3. The summed E-state index contributed by atoms with van der Waals surface area (Å²) in [4.78, 5) is 0. The highest BCUT2D eigenvalue weighted by molar-refractivity contribution is 9.09. The second-order valence-electron chi connectivity index (χ2n) is 2.97. The molecule has 0 aliphatic heterocycles. The molecule has 0 aromatic carbocycles. The van der Waals surface area contributed by atoms with Gasteiger partial charge in [-0.25, -0.2) is 8.78 Å². The molecule has 1 unspecified atom stereocenters. The quantitative estimate of drug-likeness (QED) is 0.586. The Morgan fingerprint density at radius 2 is 2.20 bits per heavy atom. The summed E-state index contributed by atoms with van der Waals surface area (Å²) in [6.45, 7) is 0. The van der Waals surface area contributed by atoms with E-state index in [0.717, 1.165) is 11.8 Å². The number of hydrogen-bond donors (Lipinski definition) is 0. The molecule has 1 fully saturated rings. The lowest BCUT2D eigenvalue weighted by Crippen LogP contribution is -2.26. The van der Waals surface area contributed by atoms with Crippen LogP contribution in [0.4, 0.5) is 8.78 Å². The fraction of sp³-hybridized carbons (Fsp3) is 1.00. The first kappa shape index (κ1) is 8.44. The molecule has 1 atom stereocenters. The Balaban J connectivity index is 2.40. The van der Waals surface area contributed by atoms with Gasteiger partial charge in [0.25, 0.3) is 0 Å². The van der Waals surface area contributed by atoms with Gasteiger partial charge in [-0.2, -0.15) is 0 Å². The molecule has 0 nitrogen and oxygen atoms in total. The third-order valence-electron chi connectivity index (χ3n) is 1.96. The van der Waals surface area contributed by atoms with Crippen molar-refractivity contribution in [3.63, 3.8) is 0 Å². The van der Waals surface area contributed by atoms with Crippen LogP contribution < -0.4 is 0 Å². The van der Waals surface area contributed by atoms with Crippen LogP contribution in [-0.2, 0) is 0 Å². The molecule has 3 heteroatoms. The minimum atomic E-state index is -2.38. The van der Waals surface area contributed by atoms with Crippen LogP contribution in [0.3, 0.4) is 0 Å². The lowest BCUT2D eigenvalue weighted by molar-refractivity contribution is -0.0485. The lowest BCUT2D eigenvalue weighted by atomic mass is 9.88. The maximum Gasteiger partial charge on any atom is 0.248 e. The van der Waals surface area contributed by atoms with E-state index in [1.54, 1.807) is 0 Å². The number of rotatable bonds is 1. The predicted molar refractivity (Wildman–Crippen MR) is 40.7 cm³/mol. The SMILES string of the molecule is FC1(F)CCCC(CBr)C1. The van der Waals surface area contributed by atoms with Gasteiger partial charge in [0.1, 0.15) is 0 Å². The minimum absolute atomic E-state index is 0.0816. The van der Waals surface area contributed by atoms with Gasteiger partial charge < -0.3 is 0 Å². The zero-order valence-electron chi connectivity index (χ0n) is 5.75. The van der Waals surface area contributed by atoms with Crippen LogP contribution in [0.25, 0.3) is 0 Å². The van der Waals surface area contributed by atoms with Crippen LogP contribution in [0, 0.1) is 5.92 Å². The van der Waals surface area contributed by atoms with Gasteiger partial charge in [-0.05, 0) is 18.8 Å². The van der Waals surface area contributed by atoms with Crippen LogP contribution in [-0.4, -0.2) is 11.3 Å². The van der Waals surface area contributed by atoms with E-state index in [1.165, 1.54) is 0 Å². The molecule has 0 aromatic rings. The van der Waals surface area contributed by atoms with Crippen molar-refractivity contribution >= 4 is 15.9 Å². The summed E-state index contributed by atoms with van der Waals surface area (Å²) in [5.74, 6) is -2.18. The van der Waals surface area contributed by atoms with Gasteiger partial charge in [-0.1, -0.05) is 15.9 Å². The van der Waals surface area contributed by atoms with E-state index < -0.39 is 5.92 Å². The Bertz CT molecular complexity index is 114. The van der Waals surface area contributed by atoms with E-state index >= 15 is 0 Å². The molecule has 0 N–H and O–H groups in total. The molecule has 0 amide bonds. The zero-order chi connectivity index (χ0) is 7.61. The molecular formula is C7H11BrF2. The standard InChI is InChI=1S/C7H11BrF2/c8-5-6-2-1-3-7(9,10)4-6/h6H,1-5H2. The summed E-state index contributed by atoms with van der Waals surface area (Å²) in [6, 6.07) is 0. The van der Waals surface area contributed by atoms with Crippen LogP contribution in [0.2, 0.25) is 0 Å². The van der Waals surface area contributed by atoms with Gasteiger partial charge in [0.2, 0.25) is 5.92 Å². The van der Waals surface area contributed by atoms with E-state index in [9.17, 15) is 8.78 Å². The molecule has 60 valence electrons. The molecular weight excluding hydrogens is 202 g/mol. The predicted octanol–water partition coefficient (Wildman–Crippen LogP) is 3.21. The average molecular weight is 213 g/mol. The Morgan fingerprint density at radius 1 is 1.50 bits per heavy atom. The van der Waals surface area contributed by atoms with E-state index in [0.29, 0.717) is 6.42 Å². The molecule has 1 aliphatic rings. The average Bonchev–Trinajstić information content (AvgIpc) is 1.86. The van der Waals surface area contributed by atoms with Gasteiger partial charge >= 0.3 is 0 Å². The Labute approximate surface area is 68.1 Å². The number of hydrogen-bond acceptors (Lipinski definition) is 0. The summed E-state index contributed by atoms with van der Waals surface area (Å²) >= 11 is 3.23. The third-order valence-corrected chi connectivity index (χ3v) is 2.88. The van der Waals surface area contributed by atoms with E-state index in [4.69, 9.17) is 0 Å². The van der Waals surface area contributed by atoms with Crippen molar-refractivity contribution in [3.8, 4) is 0 Å². The monoisotopic (exact) mass is 212 g/mol. The van der Waals surface area contributed by atoms with E-state index in [2.05, 4.69) is 15.9 Å². The van der Waals surface area contributed by atoms with Crippen molar-refractivity contribution in [1.82, 2.24) is 0 Å². The maximum atomic E-state index is 12.6. The van der Waals surface area contributed by atoms with Crippen molar-refractivity contribution in [3.05, 3.63) is 0 Å². The normalized spacial score (nSPS) is 32.1. The smallest absolute Gasteiger partial charge is 0.207 e. The van der Waals surface area contributed by atoms with Crippen molar-refractivity contribution in [2.24, 2.45) is 5.92 Å². The summed E-state index contributed by atoms with van der Waals surface area (Å²) in [5.41, 5.74) is 0. The summed E-state index contributed by atoms with van der Waals surface area (Å²) < 4.78 is 25.2. The van der Waals surface area contributed by atoms with E-state index in [-0.39, 0.29) is 18.8 Å². The number of alkyl halides is 3. The lowest BCUT2D eigenvalue weighted by Gasteiger charge is -2.27. The fourth-order valence-corrected chi connectivity index (χ4v) is 1.96. The minimum Gasteiger partial charge on any atom is -0.207 e. The maximum absolute atomic E-state index is 12.6. The third kappa shape index (κ3) is 2.19. The van der Waals surface area contributed by atoms with Crippen molar-refractivity contribution in [2.45, 2.75) is 31.6 Å². The Morgan fingerprint density at radius 3 is 2.60 bits per heavy atom. The van der Waals surface area contributed by atoms with Gasteiger partial charge in [0, 0.05) is 18.2 Å². The van der Waals surface area contributed by atoms with Crippen molar-refractivity contribution in [2.75, 3.05) is 5.33 Å². The van der Waals surface area contributed by atoms with Crippen LogP contribution in [0.15, 0.2) is 0 Å². The highest BCUT2D eigenvalue weighted by atomic mass is 79.9. The van der Waals surface area contributed by atoms with Gasteiger partial charge in [0.15, 0.2) is 0 Å². The van der Waals surface area contributed by atoms with Crippen LogP contribution in [0.5, 0.6) is 0 Å². The molecule has 0 radical (unpaired) electrons. The first-order valence-corrected chi connectivity index (χ1v) is 4.70. The molecule has 1 aliphatic carbocycles. The molecule has 0 spiro atoms. The zero-order valence-corrected chi connectivity index (χ0v) is 7.33. The van der Waals surface area contributed by atoms with E-state index in [1.807, 2.05) is 0 Å².